The first-order valence-electron chi connectivity index (χ1n) is 7.19. The largest absolute Gasteiger partial charge is 0.371 e. The Hall–Kier alpha value is -0.620. The normalized spacial score (nSPS) is 18.0. The Kier molecular flexibility index (Phi) is 4.69. The number of rotatable bonds is 2. The molecule has 0 N–H and O–H groups in total. The Morgan fingerprint density at radius 2 is 1.81 bits per heavy atom. The number of aromatic nitrogens is 1. The van der Waals surface area contributed by atoms with Gasteiger partial charge in [-0.25, -0.2) is 13.4 Å². The van der Waals surface area contributed by atoms with Crippen molar-refractivity contribution < 1.29 is 8.42 Å². The minimum absolute atomic E-state index is 0.0103. The summed E-state index contributed by atoms with van der Waals surface area (Å²) in [6, 6.07) is 4.13. The molecule has 0 spiro atoms. The summed E-state index contributed by atoms with van der Waals surface area (Å²) in [4.78, 5) is 6.80. The van der Waals surface area contributed by atoms with Crippen molar-refractivity contribution in [1.29, 1.82) is 0 Å². The van der Waals surface area contributed by atoms with Crippen LogP contribution in [0.1, 0.15) is 39.3 Å². The highest BCUT2D eigenvalue weighted by Crippen LogP contribution is 2.30. The van der Waals surface area contributed by atoms with Crippen molar-refractivity contribution in [1.82, 2.24) is 4.98 Å². The Morgan fingerprint density at radius 3 is 2.29 bits per heavy atom. The third-order valence-electron chi connectivity index (χ3n) is 3.96. The first-order chi connectivity index (χ1) is 9.57. The summed E-state index contributed by atoms with van der Waals surface area (Å²) >= 11 is 3.48. The van der Waals surface area contributed by atoms with Crippen molar-refractivity contribution in [3.8, 4) is 0 Å². The fourth-order valence-corrected chi connectivity index (χ4v) is 4.09. The van der Waals surface area contributed by atoms with Gasteiger partial charge in [0.1, 0.15) is 14.4 Å². The van der Waals surface area contributed by atoms with Gasteiger partial charge in [0.25, 0.3) is 0 Å². The van der Waals surface area contributed by atoms with Gasteiger partial charge in [0, 0.05) is 36.1 Å². The van der Waals surface area contributed by atoms with Gasteiger partial charge in [0.15, 0.2) is 0 Å². The molecule has 118 valence electrons. The summed E-state index contributed by atoms with van der Waals surface area (Å²) in [6.45, 7) is 7.97. The zero-order chi connectivity index (χ0) is 15.8. The van der Waals surface area contributed by atoms with E-state index in [1.165, 1.54) is 6.26 Å². The molecule has 0 atom stereocenters. The number of halogens is 1. The van der Waals surface area contributed by atoms with Gasteiger partial charge in [-0.3, -0.25) is 0 Å². The molecule has 2 heterocycles. The van der Waals surface area contributed by atoms with Crippen molar-refractivity contribution in [2.24, 2.45) is 0 Å². The maximum absolute atomic E-state index is 11.6. The van der Waals surface area contributed by atoms with Crippen LogP contribution in [0.15, 0.2) is 16.7 Å². The van der Waals surface area contributed by atoms with Crippen molar-refractivity contribution >= 4 is 31.5 Å². The second kappa shape index (κ2) is 5.88. The lowest BCUT2D eigenvalue weighted by Crippen LogP contribution is -2.39. The highest BCUT2D eigenvalue weighted by molar-refractivity contribution is 9.10. The predicted molar refractivity (Wildman–Crippen MR) is 90.7 cm³/mol. The van der Waals surface area contributed by atoms with E-state index in [0.717, 1.165) is 29.1 Å². The summed E-state index contributed by atoms with van der Waals surface area (Å²) in [7, 11) is -2.92. The molecule has 1 aromatic heterocycles. The molecule has 1 saturated heterocycles. The molecule has 6 heteroatoms. The Balaban J connectivity index is 2.19. The van der Waals surface area contributed by atoms with E-state index in [9.17, 15) is 8.42 Å². The van der Waals surface area contributed by atoms with E-state index in [1.54, 1.807) is 0 Å². The molecule has 1 aliphatic heterocycles. The van der Waals surface area contributed by atoms with Crippen LogP contribution in [0.25, 0.3) is 0 Å². The van der Waals surface area contributed by atoms with Gasteiger partial charge in [-0.2, -0.15) is 0 Å². The minimum Gasteiger partial charge on any atom is -0.371 e. The molecule has 1 aliphatic rings. The molecule has 21 heavy (non-hydrogen) atoms. The van der Waals surface area contributed by atoms with Crippen LogP contribution in [0.4, 0.5) is 5.69 Å². The van der Waals surface area contributed by atoms with Crippen LogP contribution in [0.3, 0.4) is 0 Å². The van der Waals surface area contributed by atoms with E-state index < -0.39 is 9.84 Å². The van der Waals surface area contributed by atoms with Gasteiger partial charge in [-0.1, -0.05) is 20.8 Å². The second-order valence-electron chi connectivity index (χ2n) is 6.80. The molecule has 0 unspecified atom stereocenters. The maximum Gasteiger partial charge on any atom is 0.150 e. The molecule has 0 amide bonds. The van der Waals surface area contributed by atoms with Gasteiger partial charge < -0.3 is 4.90 Å². The van der Waals surface area contributed by atoms with Crippen molar-refractivity contribution in [2.45, 2.75) is 44.3 Å². The smallest absolute Gasteiger partial charge is 0.150 e. The Bertz CT molecular complexity index is 615. The second-order valence-corrected chi connectivity index (χ2v) is 9.94. The van der Waals surface area contributed by atoms with E-state index >= 15 is 0 Å². The fraction of sp³-hybridized carbons (Fsp3) is 0.667. The monoisotopic (exact) mass is 374 g/mol. The number of pyridine rings is 1. The number of hydrogen-bond donors (Lipinski definition) is 0. The molecule has 0 aromatic carbocycles. The molecule has 0 bridgehead atoms. The van der Waals surface area contributed by atoms with Crippen LogP contribution in [0.2, 0.25) is 0 Å². The maximum atomic E-state index is 11.6. The standard InChI is InChI=1S/C15H23BrN2O2S/c1-15(2,3)13-9-11(10-14(16)17-13)18-7-5-12(6-8-18)21(4,19)20/h9-10,12H,5-8H2,1-4H3. The Morgan fingerprint density at radius 1 is 1.24 bits per heavy atom. The average Bonchev–Trinajstić information content (AvgIpc) is 2.36. The van der Waals surface area contributed by atoms with E-state index in [0.29, 0.717) is 12.8 Å². The third-order valence-corrected chi connectivity index (χ3v) is 6.05. The molecule has 4 nitrogen and oxygen atoms in total. The van der Waals surface area contributed by atoms with Crippen LogP contribution in [-0.4, -0.2) is 38.0 Å². The number of sulfone groups is 1. The summed E-state index contributed by atoms with van der Waals surface area (Å²) in [5, 5.41) is -0.193. The molecule has 2 rings (SSSR count). The van der Waals surface area contributed by atoms with Crippen molar-refractivity contribution in [2.75, 3.05) is 24.2 Å². The molecule has 0 aliphatic carbocycles. The molecular weight excluding hydrogens is 352 g/mol. The van der Waals surface area contributed by atoms with Crippen LogP contribution >= 0.6 is 15.9 Å². The van der Waals surface area contributed by atoms with E-state index in [1.807, 2.05) is 6.07 Å². The first-order valence-corrected chi connectivity index (χ1v) is 9.94. The van der Waals surface area contributed by atoms with Crippen LogP contribution in [-0.2, 0) is 15.3 Å². The number of hydrogen-bond acceptors (Lipinski definition) is 4. The van der Waals surface area contributed by atoms with Crippen molar-refractivity contribution in [3.63, 3.8) is 0 Å². The number of piperidine rings is 1. The van der Waals surface area contributed by atoms with Crippen LogP contribution in [0, 0.1) is 0 Å². The molecule has 0 radical (unpaired) electrons. The van der Waals surface area contributed by atoms with Gasteiger partial charge in [-0.05, 0) is 40.9 Å². The SMILES string of the molecule is CC(C)(C)c1cc(N2CCC(S(C)(=O)=O)CC2)cc(Br)n1. The zero-order valence-electron chi connectivity index (χ0n) is 13.1. The summed E-state index contributed by atoms with van der Waals surface area (Å²) in [5.74, 6) is 0. The fourth-order valence-electron chi connectivity index (χ4n) is 2.59. The predicted octanol–water partition coefficient (Wildman–Crippen LogP) is 3.16. The topological polar surface area (TPSA) is 50.3 Å². The zero-order valence-corrected chi connectivity index (χ0v) is 15.5. The molecule has 0 saturated carbocycles. The molecule has 1 fully saturated rings. The summed E-state index contributed by atoms with van der Waals surface area (Å²) < 4.78 is 24.1. The average molecular weight is 375 g/mol. The molecular formula is C15H23BrN2O2S. The Labute approximate surface area is 136 Å². The van der Waals surface area contributed by atoms with Gasteiger partial charge in [0.05, 0.1) is 5.25 Å². The van der Waals surface area contributed by atoms with Crippen LogP contribution < -0.4 is 4.90 Å². The lowest BCUT2D eigenvalue weighted by molar-refractivity contribution is 0.532. The van der Waals surface area contributed by atoms with Crippen LogP contribution in [0.5, 0.6) is 0 Å². The highest BCUT2D eigenvalue weighted by Gasteiger charge is 2.27. The minimum atomic E-state index is -2.92. The summed E-state index contributed by atoms with van der Waals surface area (Å²) in [5.41, 5.74) is 2.15. The number of anilines is 1. The number of nitrogens with zero attached hydrogens (tertiary/aromatic N) is 2. The van der Waals surface area contributed by atoms with E-state index in [2.05, 4.69) is 52.7 Å². The quantitative estimate of drug-likeness (QED) is 0.746. The van der Waals surface area contributed by atoms with E-state index in [-0.39, 0.29) is 10.7 Å². The van der Waals surface area contributed by atoms with Crippen molar-refractivity contribution in [3.05, 3.63) is 22.4 Å². The lowest BCUT2D eigenvalue weighted by atomic mass is 9.91. The van der Waals surface area contributed by atoms with E-state index in [4.69, 9.17) is 0 Å². The summed E-state index contributed by atoms with van der Waals surface area (Å²) in [6.07, 6.45) is 2.74. The highest BCUT2D eigenvalue weighted by atomic mass is 79.9. The van der Waals surface area contributed by atoms with Gasteiger partial charge in [0.2, 0.25) is 0 Å². The molecule has 1 aromatic rings. The van der Waals surface area contributed by atoms with Gasteiger partial charge in [-0.15, -0.1) is 0 Å². The first kappa shape index (κ1) is 16.7. The lowest BCUT2D eigenvalue weighted by Gasteiger charge is -2.33. The third kappa shape index (κ3) is 4.19. The van der Waals surface area contributed by atoms with Gasteiger partial charge >= 0.3 is 0 Å².